The summed E-state index contributed by atoms with van der Waals surface area (Å²) in [5, 5.41) is 14.3. The summed E-state index contributed by atoms with van der Waals surface area (Å²) in [5.41, 5.74) is -0.289. The van der Waals surface area contributed by atoms with Gasteiger partial charge in [-0.15, -0.1) is 11.3 Å². The molecule has 0 spiro atoms. The van der Waals surface area contributed by atoms with Gasteiger partial charge in [0.2, 0.25) is 0 Å². The molecule has 0 saturated carbocycles. The highest BCUT2D eigenvalue weighted by molar-refractivity contribution is 7.17. The van der Waals surface area contributed by atoms with Gasteiger partial charge in [0.1, 0.15) is 5.60 Å². The first-order valence-corrected chi connectivity index (χ1v) is 9.18. The maximum Gasteiger partial charge on any atom is 0.261 e. The second-order valence-electron chi connectivity index (χ2n) is 5.96. The molecule has 1 fully saturated rings. The normalized spacial score (nSPS) is 18.1. The van der Waals surface area contributed by atoms with Crippen molar-refractivity contribution in [2.24, 2.45) is 5.92 Å². The molecule has 1 amide bonds. The Labute approximate surface area is 150 Å². The molecule has 0 bridgehead atoms. The smallest absolute Gasteiger partial charge is 0.261 e. The third-order valence-corrected chi connectivity index (χ3v) is 5.72. The summed E-state index contributed by atoms with van der Waals surface area (Å²) < 4.78 is 5.99. The number of nitrogens with one attached hydrogen (secondary N) is 1. The minimum absolute atomic E-state index is 0.0425. The van der Waals surface area contributed by atoms with Gasteiger partial charge in [-0.1, -0.05) is 41.9 Å². The highest BCUT2D eigenvalue weighted by atomic mass is 35.5. The molecule has 1 aliphatic rings. The summed E-state index contributed by atoms with van der Waals surface area (Å²) >= 11 is 7.12. The van der Waals surface area contributed by atoms with Gasteiger partial charge in [0.15, 0.2) is 0 Å². The van der Waals surface area contributed by atoms with Gasteiger partial charge in [0, 0.05) is 13.2 Å². The van der Waals surface area contributed by atoms with Crippen LogP contribution in [0.15, 0.2) is 42.5 Å². The van der Waals surface area contributed by atoms with Gasteiger partial charge in [-0.2, -0.15) is 0 Å². The maximum atomic E-state index is 12.3. The zero-order valence-corrected chi connectivity index (χ0v) is 14.8. The van der Waals surface area contributed by atoms with Crippen molar-refractivity contribution < 1.29 is 14.6 Å². The van der Waals surface area contributed by atoms with Gasteiger partial charge in [-0.25, -0.2) is 0 Å². The lowest BCUT2D eigenvalue weighted by Crippen LogP contribution is -2.47. The largest absolute Gasteiger partial charge is 0.383 e. The van der Waals surface area contributed by atoms with E-state index >= 15 is 0 Å². The Bertz CT molecular complexity index is 685. The molecule has 0 radical (unpaired) electrons. The van der Waals surface area contributed by atoms with E-state index in [0.29, 0.717) is 22.4 Å². The van der Waals surface area contributed by atoms with Crippen molar-refractivity contribution in [3.05, 3.63) is 57.2 Å². The van der Waals surface area contributed by atoms with E-state index in [2.05, 4.69) is 5.32 Å². The van der Waals surface area contributed by atoms with Gasteiger partial charge in [-0.05, 0) is 36.5 Å². The van der Waals surface area contributed by atoms with Crippen LogP contribution in [0.25, 0.3) is 0 Å². The molecule has 1 aromatic heterocycles. The molecule has 24 heavy (non-hydrogen) atoms. The van der Waals surface area contributed by atoms with Gasteiger partial charge in [0.25, 0.3) is 5.91 Å². The first-order chi connectivity index (χ1) is 11.6. The molecule has 1 atom stereocenters. The number of hydrogen-bond acceptors (Lipinski definition) is 4. The molecule has 2 heterocycles. The molecule has 1 unspecified atom stereocenters. The van der Waals surface area contributed by atoms with Crippen LogP contribution in [0.4, 0.5) is 0 Å². The SMILES string of the molecule is O=C(NCC(O)(c1ccccc1)C1CCOCC1)c1ccc(Cl)s1. The molecule has 3 rings (SSSR count). The minimum Gasteiger partial charge on any atom is -0.383 e. The summed E-state index contributed by atoms with van der Waals surface area (Å²) in [4.78, 5) is 12.9. The van der Waals surface area contributed by atoms with Crippen LogP contribution < -0.4 is 5.32 Å². The number of hydrogen-bond donors (Lipinski definition) is 2. The van der Waals surface area contributed by atoms with E-state index in [1.807, 2.05) is 30.3 Å². The van der Waals surface area contributed by atoms with Crippen molar-refractivity contribution in [3.8, 4) is 0 Å². The number of carbonyl (C=O) groups is 1. The van der Waals surface area contributed by atoms with E-state index in [9.17, 15) is 9.90 Å². The quantitative estimate of drug-likeness (QED) is 0.853. The molecule has 1 saturated heterocycles. The Balaban J connectivity index is 1.78. The Morgan fingerprint density at radius 2 is 1.96 bits per heavy atom. The van der Waals surface area contributed by atoms with Gasteiger partial charge in [0.05, 0.1) is 15.8 Å². The monoisotopic (exact) mass is 365 g/mol. The van der Waals surface area contributed by atoms with E-state index in [-0.39, 0.29) is 18.4 Å². The Hall–Kier alpha value is -1.40. The summed E-state index contributed by atoms with van der Waals surface area (Å²) in [6, 6.07) is 12.9. The van der Waals surface area contributed by atoms with Crippen LogP contribution in [-0.4, -0.2) is 30.8 Å². The number of rotatable bonds is 5. The third kappa shape index (κ3) is 3.81. The van der Waals surface area contributed by atoms with Gasteiger partial charge >= 0.3 is 0 Å². The van der Waals surface area contributed by atoms with Crippen molar-refractivity contribution in [1.82, 2.24) is 5.32 Å². The summed E-state index contributed by atoms with van der Waals surface area (Å²) in [7, 11) is 0. The summed E-state index contributed by atoms with van der Waals surface area (Å²) in [6.07, 6.45) is 1.54. The predicted octanol–water partition coefficient (Wildman–Crippen LogP) is 3.45. The van der Waals surface area contributed by atoms with Crippen LogP contribution in [0.1, 0.15) is 28.1 Å². The average Bonchev–Trinajstić information content (AvgIpc) is 3.07. The van der Waals surface area contributed by atoms with E-state index < -0.39 is 5.60 Å². The first kappa shape index (κ1) is 17.4. The fourth-order valence-electron chi connectivity index (χ4n) is 3.12. The standard InChI is InChI=1S/C18H20ClNO3S/c19-16-7-6-15(24-16)17(21)20-12-18(22,13-4-2-1-3-5-13)14-8-10-23-11-9-14/h1-7,14,22H,8-12H2,(H,20,21). The van der Waals surface area contributed by atoms with Crippen LogP contribution in [-0.2, 0) is 10.3 Å². The zero-order valence-electron chi connectivity index (χ0n) is 13.2. The maximum absolute atomic E-state index is 12.3. The Kier molecular flexibility index (Phi) is 5.56. The highest BCUT2D eigenvalue weighted by Crippen LogP contribution is 2.36. The van der Waals surface area contributed by atoms with Crippen molar-refractivity contribution in [1.29, 1.82) is 0 Å². The molecule has 128 valence electrons. The number of benzene rings is 1. The topological polar surface area (TPSA) is 58.6 Å². The molecule has 6 heteroatoms. The molecular formula is C18H20ClNO3S. The molecule has 0 aliphatic carbocycles. The number of thiophene rings is 1. The number of aliphatic hydroxyl groups is 1. The predicted molar refractivity (Wildman–Crippen MR) is 95.5 cm³/mol. The molecule has 1 aromatic carbocycles. The van der Waals surface area contributed by atoms with Crippen LogP contribution in [0.2, 0.25) is 4.34 Å². The zero-order chi connectivity index (χ0) is 17.0. The summed E-state index contributed by atoms with van der Waals surface area (Å²) in [6.45, 7) is 1.43. The van der Waals surface area contributed by atoms with Crippen molar-refractivity contribution >= 4 is 28.8 Å². The lowest BCUT2D eigenvalue weighted by Gasteiger charge is -2.39. The fourth-order valence-corrected chi connectivity index (χ4v) is 4.08. The lowest BCUT2D eigenvalue weighted by atomic mass is 9.77. The van der Waals surface area contributed by atoms with E-state index in [4.69, 9.17) is 16.3 Å². The molecule has 2 N–H and O–H groups in total. The molecule has 4 nitrogen and oxygen atoms in total. The van der Waals surface area contributed by atoms with E-state index in [0.717, 1.165) is 18.4 Å². The summed E-state index contributed by atoms with van der Waals surface area (Å²) in [5.74, 6) is -0.172. The second-order valence-corrected chi connectivity index (χ2v) is 7.68. The van der Waals surface area contributed by atoms with E-state index in [1.54, 1.807) is 12.1 Å². The molecule has 2 aromatic rings. The average molecular weight is 366 g/mol. The second kappa shape index (κ2) is 7.66. The van der Waals surface area contributed by atoms with Crippen molar-refractivity contribution in [2.45, 2.75) is 18.4 Å². The van der Waals surface area contributed by atoms with Gasteiger partial charge < -0.3 is 15.2 Å². The Morgan fingerprint density at radius 3 is 2.58 bits per heavy atom. The van der Waals surface area contributed by atoms with Crippen LogP contribution in [0, 0.1) is 5.92 Å². The molecule has 1 aliphatic heterocycles. The first-order valence-electron chi connectivity index (χ1n) is 7.99. The van der Waals surface area contributed by atoms with Crippen molar-refractivity contribution in [2.75, 3.05) is 19.8 Å². The van der Waals surface area contributed by atoms with Crippen LogP contribution >= 0.6 is 22.9 Å². The lowest BCUT2D eigenvalue weighted by molar-refractivity contribution is -0.0680. The number of ether oxygens (including phenoxy) is 1. The molecular weight excluding hydrogens is 346 g/mol. The van der Waals surface area contributed by atoms with Crippen LogP contribution in [0.3, 0.4) is 0 Å². The van der Waals surface area contributed by atoms with Crippen LogP contribution in [0.5, 0.6) is 0 Å². The highest BCUT2D eigenvalue weighted by Gasteiger charge is 2.39. The minimum atomic E-state index is -1.11. The number of amides is 1. The van der Waals surface area contributed by atoms with E-state index in [1.165, 1.54) is 11.3 Å². The number of carbonyl (C=O) groups excluding carboxylic acids is 1. The fraction of sp³-hybridized carbons (Fsp3) is 0.389. The number of halogens is 1. The Morgan fingerprint density at radius 1 is 1.25 bits per heavy atom. The third-order valence-electron chi connectivity index (χ3n) is 4.49. The van der Waals surface area contributed by atoms with Crippen molar-refractivity contribution in [3.63, 3.8) is 0 Å². The van der Waals surface area contributed by atoms with Gasteiger partial charge in [-0.3, -0.25) is 4.79 Å².